The number of amides is 1. The van der Waals surface area contributed by atoms with Gasteiger partial charge in [0.05, 0.1) is 36.0 Å². The first-order valence-electron chi connectivity index (χ1n) is 14.6. The number of hydrogen-bond donors (Lipinski definition) is 2. The van der Waals surface area contributed by atoms with Crippen molar-refractivity contribution in [2.45, 2.75) is 26.4 Å². The van der Waals surface area contributed by atoms with Crippen LogP contribution in [-0.2, 0) is 16.0 Å². The Balaban J connectivity index is 1.55. The molecule has 12 heteroatoms. The summed E-state index contributed by atoms with van der Waals surface area (Å²) in [5.41, 5.74) is 6.17. The third kappa shape index (κ3) is 6.80. The predicted molar refractivity (Wildman–Crippen MR) is 175 cm³/mol. The van der Waals surface area contributed by atoms with Crippen molar-refractivity contribution in [2.75, 3.05) is 56.9 Å². The molecule has 2 aromatic carbocycles. The number of hydrogen-bond acceptors (Lipinski definition) is 10. The summed E-state index contributed by atoms with van der Waals surface area (Å²) in [6, 6.07) is 11.7. The topological polar surface area (TPSA) is 127 Å². The zero-order valence-electron chi connectivity index (χ0n) is 26.4. The number of rotatable bonds is 12. The number of aromatic nitrogens is 4. The molecule has 45 heavy (non-hydrogen) atoms. The quantitative estimate of drug-likeness (QED) is 0.152. The van der Waals surface area contributed by atoms with Gasteiger partial charge in [0, 0.05) is 50.6 Å². The van der Waals surface area contributed by atoms with E-state index >= 15 is 0 Å². The fourth-order valence-electron chi connectivity index (χ4n) is 5.05. The molecule has 0 aliphatic heterocycles. The van der Waals surface area contributed by atoms with E-state index in [0.717, 1.165) is 29.1 Å². The van der Waals surface area contributed by atoms with Crippen LogP contribution in [0.5, 0.6) is 5.75 Å². The molecule has 0 fully saturated rings. The van der Waals surface area contributed by atoms with Crippen LogP contribution >= 0.6 is 0 Å². The molecule has 5 rings (SSSR count). The van der Waals surface area contributed by atoms with E-state index in [1.165, 1.54) is 17.8 Å². The highest BCUT2D eigenvalue weighted by Crippen LogP contribution is 2.39. The van der Waals surface area contributed by atoms with Crippen LogP contribution in [0, 0.1) is 0 Å². The normalized spacial score (nSPS) is 11.6. The van der Waals surface area contributed by atoms with Gasteiger partial charge in [0.2, 0.25) is 11.9 Å². The Hall–Kier alpha value is -5.23. The minimum Gasteiger partial charge on any atom is -0.494 e. The average Bonchev–Trinajstić information content (AvgIpc) is 3.58. The van der Waals surface area contributed by atoms with E-state index in [0.29, 0.717) is 30.1 Å². The number of methoxy groups -OCH3 is 1. The second-order valence-electron chi connectivity index (χ2n) is 11.3. The number of esters is 1. The lowest BCUT2D eigenvalue weighted by Gasteiger charge is -2.26. The highest BCUT2D eigenvalue weighted by Gasteiger charge is 2.26. The van der Waals surface area contributed by atoms with E-state index in [1.807, 2.05) is 50.4 Å². The van der Waals surface area contributed by atoms with Gasteiger partial charge in [-0.25, -0.2) is 14.5 Å². The lowest BCUT2D eigenvalue weighted by molar-refractivity contribution is -0.111. The number of nitrogens with one attached hydrogen (secondary N) is 2. The maximum absolute atomic E-state index is 13.1. The summed E-state index contributed by atoms with van der Waals surface area (Å²) in [4.78, 5) is 38.8. The molecule has 0 unspecified atom stereocenters. The van der Waals surface area contributed by atoms with Gasteiger partial charge in [-0.05, 0) is 51.2 Å². The van der Waals surface area contributed by atoms with E-state index in [2.05, 4.69) is 39.2 Å². The molecular formula is C33H38N8O4. The predicted octanol–water partition coefficient (Wildman–Crippen LogP) is 4.67. The third-order valence-corrected chi connectivity index (χ3v) is 7.31. The molecule has 12 nitrogen and oxygen atoms in total. The maximum atomic E-state index is 13.1. The molecule has 0 radical (unpaired) electrons. The van der Waals surface area contributed by atoms with E-state index < -0.39 is 5.97 Å². The number of ether oxygens (including phenoxy) is 2. The highest BCUT2D eigenvalue weighted by atomic mass is 16.5. The minimum atomic E-state index is -0.556. The second-order valence-corrected chi connectivity index (χ2v) is 11.3. The van der Waals surface area contributed by atoms with Crippen LogP contribution in [-0.4, -0.2) is 84.0 Å². The summed E-state index contributed by atoms with van der Waals surface area (Å²) in [6.07, 6.45) is 4.87. The third-order valence-electron chi connectivity index (χ3n) is 7.31. The largest absolute Gasteiger partial charge is 0.494 e. The van der Waals surface area contributed by atoms with Crippen LogP contribution in [0.25, 0.3) is 16.9 Å². The van der Waals surface area contributed by atoms with Crippen LogP contribution in [0.2, 0.25) is 0 Å². The fourth-order valence-corrected chi connectivity index (χ4v) is 5.05. The number of fused-ring (bicyclic) bond motifs is 3. The molecule has 0 saturated carbocycles. The Kier molecular flexibility index (Phi) is 9.14. The molecule has 0 atom stereocenters. The van der Waals surface area contributed by atoms with Gasteiger partial charge in [-0.15, -0.1) is 0 Å². The second kappa shape index (κ2) is 13.2. The number of likely N-dealkylation sites (N-methyl/N-ethyl adjacent to an activating group) is 2. The van der Waals surface area contributed by atoms with E-state index in [4.69, 9.17) is 19.6 Å². The van der Waals surface area contributed by atoms with Crippen molar-refractivity contribution >= 4 is 34.9 Å². The molecule has 2 heterocycles. The number of nitrogens with zero attached hydrogens (tertiary/aromatic N) is 6. The highest BCUT2D eigenvalue weighted by molar-refractivity contribution is 6.02. The van der Waals surface area contributed by atoms with Gasteiger partial charge in [-0.2, -0.15) is 10.1 Å². The zero-order chi connectivity index (χ0) is 32.2. The Morgan fingerprint density at radius 3 is 2.60 bits per heavy atom. The molecule has 1 amide bonds. The van der Waals surface area contributed by atoms with Gasteiger partial charge in [-0.3, -0.25) is 4.79 Å². The Labute approximate surface area is 262 Å². The molecule has 4 aromatic rings. The molecule has 0 saturated heterocycles. The van der Waals surface area contributed by atoms with Crippen LogP contribution in [0.1, 0.15) is 35.5 Å². The number of carbonyl (C=O) groups is 2. The van der Waals surface area contributed by atoms with Crippen molar-refractivity contribution in [3.63, 3.8) is 0 Å². The van der Waals surface area contributed by atoms with Crippen LogP contribution in [0.3, 0.4) is 0 Å². The van der Waals surface area contributed by atoms with Gasteiger partial charge in [-0.1, -0.05) is 30.8 Å². The van der Waals surface area contributed by atoms with Crippen molar-refractivity contribution in [1.82, 2.24) is 24.6 Å². The first kappa shape index (κ1) is 31.2. The minimum absolute atomic E-state index is 0.174. The smallest absolute Gasteiger partial charge is 0.343 e. The fraction of sp³-hybridized carbons (Fsp3) is 0.303. The molecule has 2 N–H and O–H groups in total. The molecule has 0 bridgehead atoms. The van der Waals surface area contributed by atoms with Crippen LogP contribution in [0.4, 0.5) is 23.0 Å². The number of carbonyl (C=O) groups excluding carboxylic acids is 2. The number of benzene rings is 2. The van der Waals surface area contributed by atoms with Crippen LogP contribution < -0.4 is 20.3 Å². The molecule has 2 aromatic heterocycles. The lowest BCUT2D eigenvalue weighted by Crippen LogP contribution is -2.29. The first-order chi connectivity index (χ1) is 21.6. The van der Waals surface area contributed by atoms with E-state index in [-0.39, 0.29) is 29.3 Å². The van der Waals surface area contributed by atoms with Gasteiger partial charge >= 0.3 is 5.97 Å². The van der Waals surface area contributed by atoms with Crippen molar-refractivity contribution in [3.8, 4) is 22.7 Å². The molecule has 1 aliphatic rings. The van der Waals surface area contributed by atoms with Crippen molar-refractivity contribution in [2.24, 2.45) is 0 Å². The Morgan fingerprint density at radius 2 is 1.89 bits per heavy atom. The van der Waals surface area contributed by atoms with Crippen LogP contribution in [0.15, 0.2) is 61.4 Å². The Morgan fingerprint density at radius 1 is 1.11 bits per heavy atom. The van der Waals surface area contributed by atoms with Crippen molar-refractivity contribution in [3.05, 3.63) is 78.3 Å². The van der Waals surface area contributed by atoms with Crippen molar-refractivity contribution < 1.29 is 19.1 Å². The SMILES string of the molecule is C=CC(=O)Nc1cc(Nc2ncc(C(=O)OC(C)C)c(-n3cc4c(n3)Cc3ccccc3-4)n2)c(OC)cc1N(C)CCN(C)C. The lowest BCUT2D eigenvalue weighted by atomic mass is 10.1. The van der Waals surface area contributed by atoms with E-state index in [1.54, 1.807) is 31.7 Å². The Bertz CT molecular complexity index is 1750. The number of anilines is 4. The molecule has 234 valence electrons. The van der Waals surface area contributed by atoms with Gasteiger partial charge in [0.25, 0.3) is 0 Å². The van der Waals surface area contributed by atoms with Gasteiger partial charge < -0.3 is 29.9 Å². The summed E-state index contributed by atoms with van der Waals surface area (Å²) in [6.45, 7) is 8.66. The zero-order valence-corrected chi connectivity index (χ0v) is 26.4. The standard InChI is InChI=1S/C33H38N8O4/c1-8-30(42)35-26-16-27(29(44-7)17-28(26)40(6)14-13-39(4)5)36-33-34-18-23(32(43)45-20(2)3)31(37-33)41-19-24-22-12-10-9-11-21(22)15-25(24)38-41/h8-12,16-20H,1,13-15H2,2-7H3,(H,35,42)(H,34,36,37). The first-order valence-corrected chi connectivity index (χ1v) is 14.6. The van der Waals surface area contributed by atoms with E-state index in [9.17, 15) is 9.59 Å². The average molecular weight is 611 g/mol. The summed E-state index contributed by atoms with van der Waals surface area (Å²) >= 11 is 0. The molecule has 0 spiro atoms. The summed E-state index contributed by atoms with van der Waals surface area (Å²) in [5, 5.41) is 10.9. The van der Waals surface area contributed by atoms with Gasteiger partial charge in [0.15, 0.2) is 5.82 Å². The molecular weight excluding hydrogens is 572 g/mol. The molecule has 1 aliphatic carbocycles. The summed E-state index contributed by atoms with van der Waals surface area (Å²) < 4.78 is 12.8. The van der Waals surface area contributed by atoms with Crippen molar-refractivity contribution in [1.29, 1.82) is 0 Å². The maximum Gasteiger partial charge on any atom is 0.343 e. The summed E-state index contributed by atoms with van der Waals surface area (Å²) in [7, 11) is 7.51. The van der Waals surface area contributed by atoms with Gasteiger partial charge in [0.1, 0.15) is 11.3 Å². The summed E-state index contributed by atoms with van der Waals surface area (Å²) in [5.74, 6) is 0.0498. The monoisotopic (exact) mass is 610 g/mol.